The van der Waals surface area contributed by atoms with Crippen molar-refractivity contribution in [1.29, 1.82) is 0 Å². The highest BCUT2D eigenvalue weighted by Gasteiger charge is 2.09. The van der Waals surface area contributed by atoms with Gasteiger partial charge in [-0.05, 0) is 67.9 Å². The monoisotopic (exact) mass is 367 g/mol. The normalized spacial score (nSPS) is 10.9. The van der Waals surface area contributed by atoms with Crippen LogP contribution in [0.5, 0.6) is 11.5 Å². The molecule has 0 saturated carbocycles. The first kappa shape index (κ1) is 17.9. The largest absolute Gasteiger partial charge is 0.497 e. The van der Waals surface area contributed by atoms with E-state index in [1.54, 1.807) is 24.7 Å². The molecule has 3 rings (SSSR count). The standard InChI is InChI=1S/C20H21N3O2S/c1-4-25-18-9-5-15(6-10-18)13-21-23-20-22-19(14(2)26-20)16-7-11-17(24-3)12-8-16/h5-13H,4H2,1-3H3,(H,22,23)/b21-13-. The first-order chi connectivity index (χ1) is 12.7. The molecule has 0 radical (unpaired) electrons. The SMILES string of the molecule is CCOc1ccc(/C=N\Nc2nc(-c3ccc(OC)cc3)c(C)s2)cc1. The molecule has 0 spiro atoms. The fourth-order valence-electron chi connectivity index (χ4n) is 2.44. The van der Waals surface area contributed by atoms with Gasteiger partial charge in [0.05, 0.1) is 25.6 Å². The van der Waals surface area contributed by atoms with E-state index in [-0.39, 0.29) is 0 Å². The second kappa shape index (κ2) is 8.49. The van der Waals surface area contributed by atoms with Crippen LogP contribution in [0.1, 0.15) is 17.4 Å². The summed E-state index contributed by atoms with van der Waals surface area (Å²) >= 11 is 1.58. The molecule has 0 aliphatic carbocycles. The summed E-state index contributed by atoms with van der Waals surface area (Å²) in [5.41, 5.74) is 6.01. The average Bonchev–Trinajstić information content (AvgIpc) is 3.04. The molecule has 0 amide bonds. The minimum atomic E-state index is 0.662. The molecule has 5 nitrogen and oxygen atoms in total. The van der Waals surface area contributed by atoms with Gasteiger partial charge >= 0.3 is 0 Å². The molecule has 0 unspecified atom stereocenters. The van der Waals surface area contributed by atoms with Gasteiger partial charge < -0.3 is 9.47 Å². The molecule has 26 heavy (non-hydrogen) atoms. The fraction of sp³-hybridized carbons (Fsp3) is 0.200. The van der Waals surface area contributed by atoms with Gasteiger partial charge in [0, 0.05) is 10.4 Å². The zero-order valence-corrected chi connectivity index (χ0v) is 15.8. The maximum Gasteiger partial charge on any atom is 0.204 e. The van der Waals surface area contributed by atoms with E-state index in [4.69, 9.17) is 9.47 Å². The molecule has 0 aliphatic rings. The summed E-state index contributed by atoms with van der Waals surface area (Å²) in [6, 6.07) is 15.7. The van der Waals surface area contributed by atoms with Crippen LogP contribution >= 0.6 is 11.3 Å². The van der Waals surface area contributed by atoms with E-state index in [1.165, 1.54) is 0 Å². The molecule has 0 saturated heterocycles. The van der Waals surface area contributed by atoms with Crippen LogP contribution in [0.3, 0.4) is 0 Å². The predicted octanol–water partition coefficient (Wildman–Crippen LogP) is 4.97. The molecule has 0 atom stereocenters. The van der Waals surface area contributed by atoms with Crippen LogP contribution < -0.4 is 14.9 Å². The van der Waals surface area contributed by atoms with Crippen molar-refractivity contribution >= 4 is 22.7 Å². The van der Waals surface area contributed by atoms with Crippen molar-refractivity contribution in [2.75, 3.05) is 19.1 Å². The van der Waals surface area contributed by atoms with Gasteiger partial charge in [-0.15, -0.1) is 11.3 Å². The molecule has 6 heteroatoms. The molecule has 0 bridgehead atoms. The number of nitrogens with one attached hydrogen (secondary N) is 1. The third-order valence-electron chi connectivity index (χ3n) is 3.72. The number of anilines is 1. The number of nitrogens with zero attached hydrogens (tertiary/aromatic N) is 2. The van der Waals surface area contributed by atoms with E-state index in [2.05, 4.69) is 22.4 Å². The summed E-state index contributed by atoms with van der Waals surface area (Å²) in [6.07, 6.45) is 1.76. The maximum absolute atomic E-state index is 5.43. The summed E-state index contributed by atoms with van der Waals surface area (Å²) in [4.78, 5) is 5.77. The molecule has 1 heterocycles. The number of rotatable bonds is 7. The second-order valence-corrected chi connectivity index (χ2v) is 6.73. The van der Waals surface area contributed by atoms with Crippen molar-refractivity contribution in [3.05, 3.63) is 59.0 Å². The minimum absolute atomic E-state index is 0.662. The lowest BCUT2D eigenvalue weighted by Crippen LogP contribution is -1.92. The fourth-order valence-corrected chi connectivity index (χ4v) is 3.23. The lowest BCUT2D eigenvalue weighted by atomic mass is 10.1. The first-order valence-electron chi connectivity index (χ1n) is 8.33. The number of hydrogen-bond donors (Lipinski definition) is 1. The smallest absolute Gasteiger partial charge is 0.204 e. The summed E-state index contributed by atoms with van der Waals surface area (Å²) in [5.74, 6) is 1.69. The Bertz CT molecular complexity index is 871. The van der Waals surface area contributed by atoms with Gasteiger partial charge in [-0.1, -0.05) is 0 Å². The van der Waals surface area contributed by atoms with Crippen molar-refractivity contribution < 1.29 is 9.47 Å². The van der Waals surface area contributed by atoms with Gasteiger partial charge in [0.25, 0.3) is 0 Å². The Morgan fingerprint density at radius 1 is 1.08 bits per heavy atom. The molecular weight excluding hydrogens is 346 g/mol. The number of aryl methyl sites for hydroxylation is 1. The Morgan fingerprint density at radius 2 is 1.77 bits per heavy atom. The van der Waals surface area contributed by atoms with Crippen LogP contribution in [0, 0.1) is 6.92 Å². The third kappa shape index (κ3) is 4.40. The van der Waals surface area contributed by atoms with Gasteiger partial charge in [-0.3, -0.25) is 5.43 Å². The number of hydrogen-bond acceptors (Lipinski definition) is 6. The Balaban J connectivity index is 1.66. The molecular formula is C20H21N3O2S. The molecule has 1 aromatic heterocycles. The zero-order valence-electron chi connectivity index (χ0n) is 15.0. The zero-order chi connectivity index (χ0) is 18.4. The van der Waals surface area contributed by atoms with Crippen LogP contribution in [-0.4, -0.2) is 24.9 Å². The van der Waals surface area contributed by atoms with Gasteiger partial charge in [0.2, 0.25) is 5.13 Å². The van der Waals surface area contributed by atoms with Crippen LogP contribution in [-0.2, 0) is 0 Å². The van der Waals surface area contributed by atoms with E-state index < -0.39 is 0 Å². The Morgan fingerprint density at radius 3 is 2.42 bits per heavy atom. The molecule has 0 aliphatic heterocycles. The van der Waals surface area contributed by atoms with Crippen molar-refractivity contribution in [3.63, 3.8) is 0 Å². The van der Waals surface area contributed by atoms with Crippen molar-refractivity contribution in [3.8, 4) is 22.8 Å². The number of thiazole rings is 1. The molecule has 0 fully saturated rings. The van der Waals surface area contributed by atoms with E-state index >= 15 is 0 Å². The number of hydrazone groups is 1. The van der Waals surface area contributed by atoms with Gasteiger partial charge in [0.15, 0.2) is 0 Å². The van der Waals surface area contributed by atoms with E-state index in [0.717, 1.165) is 38.3 Å². The third-order valence-corrected chi connectivity index (χ3v) is 4.60. The van der Waals surface area contributed by atoms with Crippen LogP contribution in [0.2, 0.25) is 0 Å². The summed E-state index contributed by atoms with van der Waals surface area (Å²) in [5, 5.41) is 5.03. The lowest BCUT2D eigenvalue weighted by molar-refractivity contribution is 0.340. The van der Waals surface area contributed by atoms with Crippen molar-refractivity contribution in [2.45, 2.75) is 13.8 Å². The van der Waals surface area contributed by atoms with Gasteiger partial charge in [0.1, 0.15) is 11.5 Å². The predicted molar refractivity (Wildman–Crippen MR) is 108 cm³/mol. The summed E-state index contributed by atoms with van der Waals surface area (Å²) in [6.45, 7) is 4.68. The van der Waals surface area contributed by atoms with Gasteiger partial charge in [-0.2, -0.15) is 5.10 Å². The molecule has 3 aromatic rings. The average molecular weight is 367 g/mol. The lowest BCUT2D eigenvalue weighted by Gasteiger charge is -2.02. The van der Waals surface area contributed by atoms with E-state index in [1.807, 2.05) is 55.5 Å². The minimum Gasteiger partial charge on any atom is -0.497 e. The Hall–Kier alpha value is -2.86. The molecule has 134 valence electrons. The maximum atomic E-state index is 5.43. The topological polar surface area (TPSA) is 55.7 Å². The number of benzene rings is 2. The highest BCUT2D eigenvalue weighted by Crippen LogP contribution is 2.31. The number of aromatic nitrogens is 1. The highest BCUT2D eigenvalue weighted by molar-refractivity contribution is 7.15. The van der Waals surface area contributed by atoms with E-state index in [0.29, 0.717) is 6.61 Å². The Kier molecular flexibility index (Phi) is 5.86. The molecule has 2 aromatic carbocycles. The molecule has 1 N–H and O–H groups in total. The van der Waals surface area contributed by atoms with E-state index in [9.17, 15) is 0 Å². The van der Waals surface area contributed by atoms with Crippen molar-refractivity contribution in [1.82, 2.24) is 4.98 Å². The Labute approximate surface area is 157 Å². The first-order valence-corrected chi connectivity index (χ1v) is 9.15. The van der Waals surface area contributed by atoms with Gasteiger partial charge in [-0.25, -0.2) is 4.98 Å². The second-order valence-electron chi connectivity index (χ2n) is 5.52. The summed E-state index contributed by atoms with van der Waals surface area (Å²) in [7, 11) is 1.66. The van der Waals surface area contributed by atoms with Crippen LogP contribution in [0.15, 0.2) is 53.6 Å². The van der Waals surface area contributed by atoms with Crippen LogP contribution in [0.4, 0.5) is 5.13 Å². The van der Waals surface area contributed by atoms with Crippen molar-refractivity contribution in [2.24, 2.45) is 5.10 Å². The highest BCUT2D eigenvalue weighted by atomic mass is 32.1. The number of ether oxygens (including phenoxy) is 2. The van der Waals surface area contributed by atoms with Crippen LogP contribution in [0.25, 0.3) is 11.3 Å². The number of methoxy groups -OCH3 is 1. The summed E-state index contributed by atoms with van der Waals surface area (Å²) < 4.78 is 10.6. The quantitative estimate of drug-likeness (QED) is 0.473.